The lowest BCUT2D eigenvalue weighted by Gasteiger charge is -2.23. The number of aryl methyl sites for hydroxylation is 1. The third kappa shape index (κ3) is 6.60. The molecule has 29 heavy (non-hydrogen) atoms. The molecule has 2 aromatic rings. The molecule has 2 N–H and O–H groups in total. The maximum atomic E-state index is 12.4. The Morgan fingerprint density at radius 2 is 1.76 bits per heavy atom. The van der Waals surface area contributed by atoms with Crippen LogP contribution in [0.3, 0.4) is 0 Å². The first-order valence-corrected chi connectivity index (χ1v) is 11.1. The molecule has 0 aliphatic rings. The lowest BCUT2D eigenvalue weighted by atomic mass is 10.1. The number of benzene rings is 2. The number of hydrogen-bond acceptors (Lipinski definition) is 4. The van der Waals surface area contributed by atoms with Crippen molar-refractivity contribution >= 4 is 33.2 Å². The standard InChI is InChI=1S/C21H27N3O4S/c1-15(2)21(26)23-18-10-7-9-17(12-18)13-22-20(25)14-24(29(4,27)28)19-11-6-5-8-16(19)3/h5-12,15H,13-14H2,1-4H3,(H,22,25)(H,23,26). The van der Waals surface area contributed by atoms with Crippen LogP contribution in [0.15, 0.2) is 48.5 Å². The Morgan fingerprint density at radius 1 is 1.07 bits per heavy atom. The highest BCUT2D eigenvalue weighted by Crippen LogP contribution is 2.21. The summed E-state index contributed by atoms with van der Waals surface area (Å²) in [7, 11) is -3.62. The van der Waals surface area contributed by atoms with Crippen molar-refractivity contribution in [3.05, 3.63) is 59.7 Å². The van der Waals surface area contributed by atoms with Gasteiger partial charge in [-0.05, 0) is 36.2 Å². The van der Waals surface area contributed by atoms with Crippen molar-refractivity contribution in [2.75, 3.05) is 22.4 Å². The van der Waals surface area contributed by atoms with Crippen LogP contribution in [0, 0.1) is 12.8 Å². The molecule has 0 atom stereocenters. The van der Waals surface area contributed by atoms with E-state index in [1.807, 2.05) is 12.1 Å². The summed E-state index contributed by atoms with van der Waals surface area (Å²) in [5.41, 5.74) is 2.68. The van der Waals surface area contributed by atoms with Crippen LogP contribution < -0.4 is 14.9 Å². The van der Waals surface area contributed by atoms with Crippen molar-refractivity contribution in [1.82, 2.24) is 5.32 Å². The number of carbonyl (C=O) groups is 2. The molecule has 0 heterocycles. The highest BCUT2D eigenvalue weighted by molar-refractivity contribution is 7.92. The molecule has 0 fully saturated rings. The normalized spacial score (nSPS) is 11.2. The molecule has 2 aromatic carbocycles. The van der Waals surface area contributed by atoms with E-state index in [2.05, 4.69) is 10.6 Å². The van der Waals surface area contributed by atoms with Gasteiger partial charge in [-0.25, -0.2) is 8.42 Å². The van der Waals surface area contributed by atoms with E-state index in [0.29, 0.717) is 11.4 Å². The van der Waals surface area contributed by atoms with E-state index < -0.39 is 15.9 Å². The average molecular weight is 418 g/mol. The molecular weight excluding hydrogens is 390 g/mol. The summed E-state index contributed by atoms with van der Waals surface area (Å²) in [6, 6.07) is 14.2. The molecule has 0 aliphatic heterocycles. The summed E-state index contributed by atoms with van der Waals surface area (Å²) >= 11 is 0. The number of para-hydroxylation sites is 1. The Labute approximate surface area is 172 Å². The fourth-order valence-electron chi connectivity index (χ4n) is 2.66. The summed E-state index contributed by atoms with van der Waals surface area (Å²) in [5.74, 6) is -0.648. The number of anilines is 2. The number of amides is 2. The van der Waals surface area contributed by atoms with Crippen LogP contribution in [-0.4, -0.2) is 33.0 Å². The van der Waals surface area contributed by atoms with E-state index in [1.165, 1.54) is 0 Å². The minimum atomic E-state index is -3.62. The van der Waals surface area contributed by atoms with Crippen molar-refractivity contribution < 1.29 is 18.0 Å². The van der Waals surface area contributed by atoms with E-state index in [4.69, 9.17) is 0 Å². The van der Waals surface area contributed by atoms with Crippen LogP contribution >= 0.6 is 0 Å². The molecule has 0 aliphatic carbocycles. The molecule has 0 spiro atoms. The maximum Gasteiger partial charge on any atom is 0.241 e. The first-order chi connectivity index (χ1) is 13.6. The highest BCUT2D eigenvalue weighted by Gasteiger charge is 2.22. The van der Waals surface area contributed by atoms with Crippen molar-refractivity contribution in [1.29, 1.82) is 0 Å². The van der Waals surface area contributed by atoms with Gasteiger partial charge in [0.1, 0.15) is 6.54 Å². The summed E-state index contributed by atoms with van der Waals surface area (Å²) in [4.78, 5) is 24.2. The lowest BCUT2D eigenvalue weighted by molar-refractivity contribution is -0.120. The minimum absolute atomic E-state index is 0.0896. The molecule has 0 aromatic heterocycles. The molecule has 0 saturated heterocycles. The van der Waals surface area contributed by atoms with Gasteiger partial charge in [0.2, 0.25) is 21.8 Å². The first kappa shape index (κ1) is 22.4. The molecule has 2 amide bonds. The van der Waals surface area contributed by atoms with E-state index in [9.17, 15) is 18.0 Å². The van der Waals surface area contributed by atoms with Crippen LogP contribution in [0.4, 0.5) is 11.4 Å². The third-order valence-electron chi connectivity index (χ3n) is 4.28. The quantitative estimate of drug-likeness (QED) is 0.690. The van der Waals surface area contributed by atoms with Gasteiger partial charge in [-0.3, -0.25) is 13.9 Å². The SMILES string of the molecule is Cc1ccccc1N(CC(=O)NCc1cccc(NC(=O)C(C)C)c1)S(C)(=O)=O. The maximum absolute atomic E-state index is 12.4. The summed E-state index contributed by atoms with van der Waals surface area (Å²) in [6.45, 7) is 5.31. The van der Waals surface area contributed by atoms with Crippen LogP contribution in [0.2, 0.25) is 0 Å². The largest absolute Gasteiger partial charge is 0.350 e. The monoisotopic (exact) mass is 417 g/mol. The van der Waals surface area contributed by atoms with E-state index in [1.54, 1.807) is 57.2 Å². The van der Waals surface area contributed by atoms with Crippen LogP contribution in [-0.2, 0) is 26.2 Å². The molecule has 156 valence electrons. The first-order valence-electron chi connectivity index (χ1n) is 9.27. The molecule has 0 radical (unpaired) electrons. The number of hydrogen-bond donors (Lipinski definition) is 2. The smallest absolute Gasteiger partial charge is 0.241 e. The third-order valence-corrected chi connectivity index (χ3v) is 5.41. The fourth-order valence-corrected chi connectivity index (χ4v) is 3.57. The molecule has 0 unspecified atom stereocenters. The molecule has 0 bridgehead atoms. The number of carbonyl (C=O) groups excluding carboxylic acids is 2. The molecule has 2 rings (SSSR count). The fraction of sp³-hybridized carbons (Fsp3) is 0.333. The van der Waals surface area contributed by atoms with Gasteiger partial charge in [0.25, 0.3) is 0 Å². The zero-order valence-corrected chi connectivity index (χ0v) is 17.9. The van der Waals surface area contributed by atoms with Gasteiger partial charge in [-0.1, -0.05) is 44.2 Å². The van der Waals surface area contributed by atoms with E-state index in [-0.39, 0.29) is 24.9 Å². The number of sulfonamides is 1. The minimum Gasteiger partial charge on any atom is -0.350 e. The Kier molecular flexibility index (Phi) is 7.39. The lowest BCUT2D eigenvalue weighted by Crippen LogP contribution is -2.40. The second-order valence-corrected chi connectivity index (χ2v) is 9.08. The zero-order valence-electron chi connectivity index (χ0n) is 17.1. The van der Waals surface area contributed by atoms with Gasteiger partial charge < -0.3 is 10.6 Å². The van der Waals surface area contributed by atoms with Gasteiger partial charge in [-0.15, -0.1) is 0 Å². The molecule has 0 saturated carbocycles. The van der Waals surface area contributed by atoms with Gasteiger partial charge >= 0.3 is 0 Å². The summed E-state index contributed by atoms with van der Waals surface area (Å²) in [5, 5.41) is 5.55. The van der Waals surface area contributed by atoms with Gasteiger partial charge in [-0.2, -0.15) is 0 Å². The van der Waals surface area contributed by atoms with Crippen LogP contribution in [0.1, 0.15) is 25.0 Å². The number of nitrogens with zero attached hydrogens (tertiary/aromatic N) is 1. The van der Waals surface area contributed by atoms with Crippen LogP contribution in [0.5, 0.6) is 0 Å². The highest BCUT2D eigenvalue weighted by atomic mass is 32.2. The Morgan fingerprint density at radius 3 is 2.38 bits per heavy atom. The van der Waals surface area contributed by atoms with Crippen molar-refractivity contribution in [2.45, 2.75) is 27.3 Å². The average Bonchev–Trinajstić information content (AvgIpc) is 2.64. The predicted octanol–water partition coefficient (Wildman–Crippen LogP) is 2.67. The summed E-state index contributed by atoms with van der Waals surface area (Å²) in [6.07, 6.45) is 1.08. The van der Waals surface area contributed by atoms with E-state index >= 15 is 0 Å². The zero-order chi connectivity index (χ0) is 21.6. The topological polar surface area (TPSA) is 95.6 Å². The van der Waals surface area contributed by atoms with Crippen molar-refractivity contribution in [3.63, 3.8) is 0 Å². The second kappa shape index (κ2) is 9.56. The van der Waals surface area contributed by atoms with Gasteiger partial charge in [0, 0.05) is 18.2 Å². The molecular formula is C21H27N3O4S. The second-order valence-electron chi connectivity index (χ2n) is 7.18. The number of nitrogens with one attached hydrogen (secondary N) is 2. The van der Waals surface area contributed by atoms with Crippen molar-refractivity contribution in [2.24, 2.45) is 5.92 Å². The van der Waals surface area contributed by atoms with E-state index in [0.717, 1.165) is 21.7 Å². The van der Waals surface area contributed by atoms with Crippen molar-refractivity contribution in [3.8, 4) is 0 Å². The molecule has 7 nitrogen and oxygen atoms in total. The Hall–Kier alpha value is -2.87. The molecule has 8 heteroatoms. The number of rotatable bonds is 8. The Bertz CT molecular complexity index is 987. The van der Waals surface area contributed by atoms with Crippen LogP contribution in [0.25, 0.3) is 0 Å². The van der Waals surface area contributed by atoms with Gasteiger partial charge in [0.15, 0.2) is 0 Å². The van der Waals surface area contributed by atoms with Gasteiger partial charge in [0.05, 0.1) is 11.9 Å². The predicted molar refractivity (Wildman–Crippen MR) is 115 cm³/mol. The summed E-state index contributed by atoms with van der Waals surface area (Å²) < 4.78 is 25.5. The Balaban J connectivity index is 2.05.